The van der Waals surface area contributed by atoms with Crippen LogP contribution in [0.4, 0.5) is 34.5 Å². The summed E-state index contributed by atoms with van der Waals surface area (Å²) in [5.41, 5.74) is 18.0. The van der Waals surface area contributed by atoms with Gasteiger partial charge in [0.1, 0.15) is 17.5 Å². The van der Waals surface area contributed by atoms with Gasteiger partial charge in [-0.2, -0.15) is 0 Å². The Labute approximate surface area is 295 Å². The van der Waals surface area contributed by atoms with Gasteiger partial charge in [-0.3, -0.25) is 14.2 Å². The maximum absolute atomic E-state index is 11.9. The van der Waals surface area contributed by atoms with Gasteiger partial charge in [-0.05, 0) is 109 Å². The number of aromatic nitrogens is 3. The van der Waals surface area contributed by atoms with E-state index in [0.717, 1.165) is 0 Å². The van der Waals surface area contributed by atoms with Crippen molar-refractivity contribution in [1.29, 1.82) is 0 Å². The molecule has 15 nitrogen and oxygen atoms in total. The highest BCUT2D eigenvalue weighted by molar-refractivity contribution is 7.93. The third-order valence-electron chi connectivity index (χ3n) is 6.28. The van der Waals surface area contributed by atoms with Crippen molar-refractivity contribution in [2.75, 3.05) is 31.4 Å². The zero-order valence-corrected chi connectivity index (χ0v) is 29.1. The predicted molar refractivity (Wildman–Crippen MR) is 198 cm³/mol. The van der Waals surface area contributed by atoms with E-state index < -0.39 is 30.1 Å². The Balaban J connectivity index is 0.000000172. The normalized spacial score (nSPS) is 11.1. The molecule has 0 aliphatic heterocycles. The van der Waals surface area contributed by atoms with Gasteiger partial charge in [-0.1, -0.05) is 18.2 Å². The van der Waals surface area contributed by atoms with Crippen LogP contribution in [-0.4, -0.2) is 40.2 Å². The summed E-state index contributed by atoms with van der Waals surface area (Å²) < 4.78 is 78.6. The number of nitrogen functional groups attached to an aromatic ring is 3. The summed E-state index contributed by atoms with van der Waals surface area (Å²) in [6.07, 6.45) is 4.54. The molecule has 3 heterocycles. The number of sulfonamides is 3. The molecule has 0 saturated heterocycles. The van der Waals surface area contributed by atoms with E-state index in [-0.39, 0.29) is 32.1 Å². The van der Waals surface area contributed by atoms with Crippen LogP contribution < -0.4 is 31.4 Å². The summed E-state index contributed by atoms with van der Waals surface area (Å²) in [5, 5.41) is 0. The highest BCUT2D eigenvalue weighted by Gasteiger charge is 2.16. The van der Waals surface area contributed by atoms with Crippen LogP contribution in [-0.2, 0) is 30.1 Å². The molecule has 3 aromatic heterocycles. The number of hydrogen-bond acceptors (Lipinski definition) is 12. The molecule has 6 aromatic rings. The molecule has 18 heteroatoms. The third-order valence-corrected chi connectivity index (χ3v) is 10.4. The Morgan fingerprint density at radius 2 is 0.588 bits per heavy atom. The topological polar surface area (TPSA) is 255 Å². The lowest BCUT2D eigenvalue weighted by atomic mass is 10.3. The predicted octanol–water partition coefficient (Wildman–Crippen LogP) is 4.39. The zero-order chi connectivity index (χ0) is 36.9. The Morgan fingerprint density at radius 1 is 0.353 bits per heavy atom. The van der Waals surface area contributed by atoms with Crippen LogP contribution >= 0.6 is 0 Å². The number of rotatable bonds is 9. The van der Waals surface area contributed by atoms with Gasteiger partial charge in [-0.15, -0.1) is 0 Å². The van der Waals surface area contributed by atoms with Crippen molar-refractivity contribution in [1.82, 2.24) is 15.0 Å². The number of hydrogen-bond donors (Lipinski definition) is 6. The fraction of sp³-hybridized carbons (Fsp3) is 0. The quantitative estimate of drug-likeness (QED) is 0.113. The maximum Gasteiger partial charge on any atom is 0.263 e. The zero-order valence-electron chi connectivity index (χ0n) is 26.6. The van der Waals surface area contributed by atoms with Crippen molar-refractivity contribution < 1.29 is 25.3 Å². The standard InChI is InChI=1S/3C11H11N3O2S/c3*12-9-4-6-10(7-5-9)17(15,16)14-11-3-1-2-8-13-11/h3*1-8H,12H2,(H,13,14). The summed E-state index contributed by atoms with van der Waals surface area (Å²) in [6.45, 7) is 0. The average Bonchev–Trinajstić information content (AvgIpc) is 3.10. The second-order valence-electron chi connectivity index (χ2n) is 10.2. The van der Waals surface area contributed by atoms with Gasteiger partial charge < -0.3 is 17.2 Å². The van der Waals surface area contributed by atoms with Crippen molar-refractivity contribution in [2.24, 2.45) is 0 Å². The number of nitrogens with two attached hydrogens (primary N) is 3. The highest BCUT2D eigenvalue weighted by Crippen LogP contribution is 2.17. The van der Waals surface area contributed by atoms with Crippen LogP contribution in [0.1, 0.15) is 0 Å². The maximum atomic E-state index is 11.9. The van der Waals surface area contributed by atoms with Crippen LogP contribution in [0.2, 0.25) is 0 Å². The number of pyridine rings is 3. The van der Waals surface area contributed by atoms with E-state index >= 15 is 0 Å². The Kier molecular flexibility index (Phi) is 12.5. The summed E-state index contributed by atoms with van der Waals surface area (Å²) in [6, 6.07) is 32.8. The van der Waals surface area contributed by atoms with E-state index in [2.05, 4.69) is 29.1 Å². The lowest BCUT2D eigenvalue weighted by molar-refractivity contribution is 0.599. The summed E-state index contributed by atoms with van der Waals surface area (Å²) in [5.74, 6) is 0.845. The molecule has 0 spiro atoms. The van der Waals surface area contributed by atoms with Crippen molar-refractivity contribution in [3.63, 3.8) is 0 Å². The van der Waals surface area contributed by atoms with Gasteiger partial charge in [0.15, 0.2) is 0 Å². The van der Waals surface area contributed by atoms with Crippen molar-refractivity contribution in [3.05, 3.63) is 146 Å². The van der Waals surface area contributed by atoms with Gasteiger partial charge in [0.25, 0.3) is 30.1 Å². The van der Waals surface area contributed by atoms with E-state index in [9.17, 15) is 25.3 Å². The number of nitrogens with one attached hydrogen (secondary N) is 3. The van der Waals surface area contributed by atoms with Gasteiger partial charge in [0, 0.05) is 35.7 Å². The molecule has 264 valence electrons. The first-order valence-electron chi connectivity index (χ1n) is 14.6. The fourth-order valence-electron chi connectivity index (χ4n) is 3.80. The van der Waals surface area contributed by atoms with Gasteiger partial charge in [0.2, 0.25) is 0 Å². The Bertz CT molecular complexity index is 2050. The number of anilines is 6. The molecule has 0 fully saturated rings. The molecule has 0 aliphatic rings. The minimum atomic E-state index is -3.60. The van der Waals surface area contributed by atoms with Gasteiger partial charge in [-0.25, -0.2) is 40.2 Å². The van der Waals surface area contributed by atoms with E-state index in [0.29, 0.717) is 17.1 Å². The summed E-state index contributed by atoms with van der Waals surface area (Å²) in [4.78, 5) is 12.1. The van der Waals surface area contributed by atoms with Gasteiger partial charge in [0.05, 0.1) is 14.7 Å². The largest absolute Gasteiger partial charge is 0.399 e. The molecule has 6 rings (SSSR count). The van der Waals surface area contributed by atoms with Crippen LogP contribution in [0.5, 0.6) is 0 Å². The molecule has 0 atom stereocenters. The summed E-state index contributed by atoms with van der Waals surface area (Å²) >= 11 is 0. The molecular formula is C33H33N9O6S3. The Hall–Kier alpha value is -6.24. The fourth-order valence-corrected chi connectivity index (χ4v) is 6.83. The van der Waals surface area contributed by atoms with Crippen LogP contribution in [0.15, 0.2) is 161 Å². The van der Waals surface area contributed by atoms with Crippen LogP contribution in [0, 0.1) is 0 Å². The third kappa shape index (κ3) is 11.7. The van der Waals surface area contributed by atoms with E-state index in [1.807, 2.05) is 0 Å². The second kappa shape index (κ2) is 16.9. The first kappa shape index (κ1) is 37.6. The van der Waals surface area contributed by atoms with Gasteiger partial charge >= 0.3 is 0 Å². The van der Waals surface area contributed by atoms with Crippen molar-refractivity contribution in [2.45, 2.75) is 14.7 Å². The molecule has 51 heavy (non-hydrogen) atoms. The smallest absolute Gasteiger partial charge is 0.263 e. The molecule has 0 amide bonds. The molecular weight excluding hydrogens is 715 g/mol. The van der Waals surface area contributed by atoms with E-state index in [1.54, 1.807) is 54.6 Å². The van der Waals surface area contributed by atoms with E-state index in [4.69, 9.17) is 17.2 Å². The Morgan fingerprint density at radius 3 is 0.784 bits per heavy atom. The lowest BCUT2D eigenvalue weighted by Crippen LogP contribution is -2.13. The minimum Gasteiger partial charge on any atom is -0.399 e. The number of nitrogens with zero attached hydrogens (tertiary/aromatic N) is 3. The molecule has 9 N–H and O–H groups in total. The summed E-state index contributed by atoms with van der Waals surface area (Å²) in [7, 11) is -10.8. The van der Waals surface area contributed by atoms with Crippen molar-refractivity contribution in [3.8, 4) is 0 Å². The molecule has 0 radical (unpaired) electrons. The molecule has 0 aliphatic carbocycles. The monoisotopic (exact) mass is 747 g/mol. The highest BCUT2D eigenvalue weighted by atomic mass is 32.2. The van der Waals surface area contributed by atoms with Crippen LogP contribution in [0.3, 0.4) is 0 Å². The molecule has 0 saturated carbocycles. The second-order valence-corrected chi connectivity index (χ2v) is 15.2. The van der Waals surface area contributed by atoms with Crippen molar-refractivity contribution >= 4 is 64.6 Å². The molecule has 0 bridgehead atoms. The minimum absolute atomic E-state index is 0.150. The van der Waals surface area contributed by atoms with E-state index in [1.165, 1.54) is 91.4 Å². The SMILES string of the molecule is Nc1ccc(S(=O)(=O)Nc2ccccn2)cc1.Nc1ccc(S(=O)(=O)Nc2ccccn2)cc1.Nc1ccc(S(=O)(=O)Nc2ccccn2)cc1. The average molecular weight is 748 g/mol. The van der Waals surface area contributed by atoms with Crippen LogP contribution in [0.25, 0.3) is 0 Å². The molecule has 3 aromatic carbocycles. The molecule has 0 unspecified atom stereocenters. The number of benzene rings is 3. The lowest BCUT2D eigenvalue weighted by Gasteiger charge is -2.06. The first-order chi connectivity index (χ1) is 24.2. The first-order valence-corrected chi connectivity index (χ1v) is 19.1.